The Kier molecular flexibility index (Phi) is 3.22. The molecule has 2 aliphatic heterocycles. The highest BCUT2D eigenvalue weighted by molar-refractivity contribution is 5.89. The van der Waals surface area contributed by atoms with Crippen molar-refractivity contribution >= 4 is 11.8 Å². The number of likely N-dealkylation sites (tertiary alicyclic amines) is 2. The van der Waals surface area contributed by atoms with Gasteiger partial charge in [0, 0.05) is 26.1 Å². The number of halogens is 3. The lowest BCUT2D eigenvalue weighted by Crippen LogP contribution is -2.55. The van der Waals surface area contributed by atoms with E-state index in [0.29, 0.717) is 4.90 Å². The lowest BCUT2D eigenvalue weighted by atomic mass is 10.0. The van der Waals surface area contributed by atoms with Gasteiger partial charge in [-0.25, -0.2) is 0 Å². The summed E-state index contributed by atoms with van der Waals surface area (Å²) in [4.78, 5) is 25.2. The Morgan fingerprint density at radius 1 is 1.33 bits per heavy atom. The molecule has 2 rings (SSSR count). The monoisotopic (exact) mass is 266 g/mol. The van der Waals surface area contributed by atoms with Crippen LogP contribution < -0.4 is 0 Å². The first-order valence-electron chi connectivity index (χ1n) is 5.57. The lowest BCUT2D eigenvalue weighted by molar-refractivity contribution is -0.157. The minimum atomic E-state index is -4.44. The molecule has 0 radical (unpaired) electrons. The average Bonchev–Trinajstić information content (AvgIpc) is 2.52. The molecule has 1 atom stereocenters. The van der Waals surface area contributed by atoms with Crippen molar-refractivity contribution in [3.8, 4) is 0 Å². The van der Waals surface area contributed by atoms with Crippen LogP contribution in [0.4, 0.5) is 13.2 Å². The van der Waals surface area contributed by atoms with Crippen molar-refractivity contribution in [3.63, 3.8) is 0 Å². The Morgan fingerprint density at radius 2 is 1.94 bits per heavy atom. The highest BCUT2D eigenvalue weighted by Gasteiger charge is 2.43. The van der Waals surface area contributed by atoms with E-state index in [9.17, 15) is 22.8 Å². The van der Waals surface area contributed by atoms with Crippen molar-refractivity contribution in [2.75, 3.05) is 26.2 Å². The van der Waals surface area contributed by atoms with Crippen molar-refractivity contribution in [2.45, 2.75) is 18.7 Å². The Hall–Kier alpha value is -1.31. The predicted molar refractivity (Wildman–Crippen MR) is 53.3 cm³/mol. The number of hydrogen-bond donors (Lipinski definition) is 1. The number of aliphatic hydroxyl groups excluding tert-OH is 1. The number of nitrogens with zero attached hydrogens (tertiary/aromatic N) is 2. The smallest absolute Gasteiger partial charge is 0.389 e. The molecular weight excluding hydrogens is 253 g/mol. The molecule has 2 fully saturated rings. The fraction of sp³-hybridized carbons (Fsp3) is 0.800. The van der Waals surface area contributed by atoms with Crippen LogP contribution in [0.15, 0.2) is 0 Å². The summed E-state index contributed by atoms with van der Waals surface area (Å²) in [5.74, 6) is -1.71. The summed E-state index contributed by atoms with van der Waals surface area (Å²) in [5, 5.41) is 9.05. The summed E-state index contributed by atoms with van der Waals surface area (Å²) >= 11 is 0. The number of carbonyl (C=O) groups excluding carboxylic acids is 2. The second-order valence-electron chi connectivity index (χ2n) is 4.69. The van der Waals surface area contributed by atoms with Crippen LogP contribution in [0, 0.1) is 5.92 Å². The van der Waals surface area contributed by atoms with Crippen molar-refractivity contribution < 1.29 is 27.9 Å². The van der Waals surface area contributed by atoms with Crippen LogP contribution in [0.5, 0.6) is 0 Å². The fourth-order valence-corrected chi connectivity index (χ4v) is 2.20. The van der Waals surface area contributed by atoms with Gasteiger partial charge in [-0.05, 0) is 0 Å². The number of aliphatic hydroxyl groups is 1. The number of hydrogen-bond acceptors (Lipinski definition) is 3. The van der Waals surface area contributed by atoms with Gasteiger partial charge in [0.25, 0.3) is 0 Å². The number of β-amino-alcohol motifs (C(OH)–C–C–N with tert-alkyl or cyclic N) is 1. The van der Waals surface area contributed by atoms with Crippen LogP contribution in [0.3, 0.4) is 0 Å². The second kappa shape index (κ2) is 4.42. The third-order valence-corrected chi connectivity index (χ3v) is 3.11. The zero-order chi connectivity index (χ0) is 13.5. The van der Waals surface area contributed by atoms with E-state index in [1.165, 1.54) is 4.90 Å². The van der Waals surface area contributed by atoms with E-state index in [-0.39, 0.29) is 32.0 Å². The molecule has 2 amide bonds. The summed E-state index contributed by atoms with van der Waals surface area (Å²) in [7, 11) is 0. The number of alkyl halides is 3. The molecule has 2 aliphatic rings. The minimum absolute atomic E-state index is 0.179. The van der Waals surface area contributed by atoms with Gasteiger partial charge in [0.05, 0.1) is 12.0 Å². The normalized spacial score (nSPS) is 25.6. The van der Waals surface area contributed by atoms with Crippen molar-refractivity contribution in [1.82, 2.24) is 9.80 Å². The summed E-state index contributed by atoms with van der Waals surface area (Å²) in [6, 6.07) is 0. The van der Waals surface area contributed by atoms with Gasteiger partial charge in [0.15, 0.2) is 0 Å². The Morgan fingerprint density at radius 3 is 2.44 bits per heavy atom. The molecule has 0 aromatic heterocycles. The lowest BCUT2D eigenvalue weighted by Gasteiger charge is -2.37. The maximum Gasteiger partial charge on any atom is 0.406 e. The van der Waals surface area contributed by atoms with Gasteiger partial charge >= 0.3 is 6.18 Å². The Bertz CT molecular complexity index is 366. The van der Waals surface area contributed by atoms with Crippen molar-refractivity contribution in [3.05, 3.63) is 0 Å². The SMILES string of the molecule is O=C1CC(C(=O)N2CC(O)C2)CN1CC(F)(F)F. The molecule has 1 N–H and O–H groups in total. The first-order chi connectivity index (χ1) is 8.26. The quantitative estimate of drug-likeness (QED) is 0.740. The molecule has 2 saturated heterocycles. The molecule has 0 spiro atoms. The third kappa shape index (κ3) is 2.74. The summed E-state index contributed by atoms with van der Waals surface area (Å²) in [6.45, 7) is -1.10. The Balaban J connectivity index is 1.90. The van der Waals surface area contributed by atoms with Crippen LogP contribution in [0.25, 0.3) is 0 Å². The van der Waals surface area contributed by atoms with Gasteiger partial charge in [-0.3, -0.25) is 9.59 Å². The fourth-order valence-electron chi connectivity index (χ4n) is 2.20. The third-order valence-electron chi connectivity index (χ3n) is 3.11. The van der Waals surface area contributed by atoms with Gasteiger partial charge < -0.3 is 14.9 Å². The Labute approximate surface area is 101 Å². The van der Waals surface area contributed by atoms with Crippen molar-refractivity contribution in [1.29, 1.82) is 0 Å². The molecule has 0 aromatic carbocycles. The highest BCUT2D eigenvalue weighted by atomic mass is 19.4. The molecule has 2 heterocycles. The van der Waals surface area contributed by atoms with E-state index in [4.69, 9.17) is 5.11 Å². The number of carbonyl (C=O) groups is 2. The van der Waals surface area contributed by atoms with Gasteiger partial charge in [0.2, 0.25) is 11.8 Å². The summed E-state index contributed by atoms with van der Waals surface area (Å²) < 4.78 is 36.5. The van der Waals surface area contributed by atoms with Gasteiger partial charge in [-0.15, -0.1) is 0 Å². The molecule has 1 unspecified atom stereocenters. The maximum atomic E-state index is 12.2. The highest BCUT2D eigenvalue weighted by Crippen LogP contribution is 2.26. The van der Waals surface area contributed by atoms with E-state index in [0.717, 1.165) is 0 Å². The molecule has 18 heavy (non-hydrogen) atoms. The minimum Gasteiger partial charge on any atom is -0.389 e. The van der Waals surface area contributed by atoms with Crippen LogP contribution in [-0.4, -0.2) is 65.2 Å². The van der Waals surface area contributed by atoms with Crippen LogP contribution >= 0.6 is 0 Å². The first-order valence-corrected chi connectivity index (χ1v) is 5.57. The zero-order valence-electron chi connectivity index (χ0n) is 9.48. The van der Waals surface area contributed by atoms with Crippen LogP contribution in [0.1, 0.15) is 6.42 Å². The standard InChI is InChI=1S/C10H13F3N2O3/c11-10(12,13)5-15-2-6(1-8(15)17)9(18)14-3-7(16)4-14/h6-7,16H,1-5H2. The molecule has 102 valence electrons. The van der Waals surface area contributed by atoms with Gasteiger partial charge in [-0.1, -0.05) is 0 Å². The van der Waals surface area contributed by atoms with Crippen molar-refractivity contribution in [2.24, 2.45) is 5.92 Å². The molecule has 0 aliphatic carbocycles. The number of rotatable bonds is 2. The molecule has 5 nitrogen and oxygen atoms in total. The molecular formula is C10H13F3N2O3. The molecule has 0 saturated carbocycles. The van der Waals surface area contributed by atoms with E-state index in [1.807, 2.05) is 0 Å². The van der Waals surface area contributed by atoms with Gasteiger partial charge in [0.1, 0.15) is 6.54 Å². The topological polar surface area (TPSA) is 60.9 Å². The van der Waals surface area contributed by atoms with E-state index < -0.39 is 30.7 Å². The number of amides is 2. The summed E-state index contributed by atoms with van der Waals surface area (Å²) in [5.41, 5.74) is 0. The summed E-state index contributed by atoms with van der Waals surface area (Å²) in [6.07, 6.45) is -5.18. The molecule has 0 bridgehead atoms. The second-order valence-corrected chi connectivity index (χ2v) is 4.69. The average molecular weight is 266 g/mol. The van der Waals surface area contributed by atoms with E-state index in [2.05, 4.69) is 0 Å². The van der Waals surface area contributed by atoms with E-state index in [1.54, 1.807) is 0 Å². The maximum absolute atomic E-state index is 12.2. The largest absolute Gasteiger partial charge is 0.406 e. The molecule has 0 aromatic rings. The molecule has 8 heteroatoms. The van der Waals surface area contributed by atoms with Crippen LogP contribution in [0.2, 0.25) is 0 Å². The first kappa shape index (κ1) is 13.1. The van der Waals surface area contributed by atoms with Gasteiger partial charge in [-0.2, -0.15) is 13.2 Å². The zero-order valence-corrected chi connectivity index (χ0v) is 9.48. The predicted octanol–water partition coefficient (Wildman–Crippen LogP) is -0.400. The van der Waals surface area contributed by atoms with Crippen LogP contribution in [-0.2, 0) is 9.59 Å². The van der Waals surface area contributed by atoms with E-state index >= 15 is 0 Å².